The molecule has 1 atom stereocenters. The Hall–Kier alpha value is -2.35. The number of hydrogen-bond acceptors (Lipinski definition) is 6. The van der Waals surface area contributed by atoms with Gasteiger partial charge < -0.3 is 20.3 Å². The summed E-state index contributed by atoms with van der Waals surface area (Å²) in [7, 11) is 3.01. The van der Waals surface area contributed by atoms with Crippen molar-refractivity contribution in [3.63, 3.8) is 0 Å². The highest BCUT2D eigenvalue weighted by atomic mass is 16.6. The molecule has 2 rings (SSSR count). The number of nitro groups is 1. The third-order valence-electron chi connectivity index (χ3n) is 3.48. The Labute approximate surface area is 122 Å². The molecule has 0 saturated carbocycles. The van der Waals surface area contributed by atoms with Crippen molar-refractivity contribution in [1.29, 1.82) is 0 Å². The number of nitrogens with one attached hydrogen (secondary N) is 2. The predicted octanol–water partition coefficient (Wildman–Crippen LogP) is 0.128. The third kappa shape index (κ3) is 3.05. The van der Waals surface area contributed by atoms with Crippen molar-refractivity contribution in [3.8, 4) is 5.75 Å². The van der Waals surface area contributed by atoms with Crippen LogP contribution in [0.5, 0.6) is 5.75 Å². The first-order chi connectivity index (χ1) is 10.1. The Kier molecular flexibility index (Phi) is 4.59. The van der Waals surface area contributed by atoms with Crippen molar-refractivity contribution in [1.82, 2.24) is 10.6 Å². The van der Waals surface area contributed by atoms with Crippen LogP contribution < -0.4 is 20.3 Å². The van der Waals surface area contributed by atoms with Crippen molar-refractivity contribution in [2.24, 2.45) is 0 Å². The molecule has 0 spiro atoms. The number of hydrogen-bond donors (Lipinski definition) is 2. The fraction of sp³-hybridized carbons (Fsp3) is 0.462. The number of benzene rings is 1. The Balaban J connectivity index is 2.42. The van der Waals surface area contributed by atoms with Gasteiger partial charge in [-0.3, -0.25) is 14.9 Å². The van der Waals surface area contributed by atoms with Crippen molar-refractivity contribution in [2.45, 2.75) is 6.04 Å². The Morgan fingerprint density at radius 2 is 2.33 bits per heavy atom. The van der Waals surface area contributed by atoms with Crippen molar-refractivity contribution in [3.05, 3.63) is 28.3 Å². The molecule has 1 aliphatic rings. The van der Waals surface area contributed by atoms with E-state index in [4.69, 9.17) is 4.74 Å². The predicted molar refractivity (Wildman–Crippen MR) is 77.7 cm³/mol. The smallest absolute Gasteiger partial charge is 0.296 e. The van der Waals surface area contributed by atoms with Gasteiger partial charge in [-0.15, -0.1) is 0 Å². The molecule has 1 amide bonds. The Morgan fingerprint density at radius 3 is 2.95 bits per heavy atom. The molecule has 8 nitrogen and oxygen atoms in total. The summed E-state index contributed by atoms with van der Waals surface area (Å²) in [6.45, 7) is 1.63. The topological polar surface area (TPSA) is 96.7 Å². The summed E-state index contributed by atoms with van der Waals surface area (Å²) in [6, 6.07) is 4.18. The van der Waals surface area contributed by atoms with Crippen LogP contribution in [0.4, 0.5) is 11.4 Å². The summed E-state index contributed by atoms with van der Waals surface area (Å²) in [4.78, 5) is 24.6. The standard InChI is InChI=1S/C13H18N4O4/c1-14-13(18)12-8-15-5-6-16(12)10-4-3-9(21-2)7-11(10)17(19)20/h3-4,7,12,15H,5-6,8H2,1-2H3,(H,14,18). The first-order valence-corrected chi connectivity index (χ1v) is 6.60. The molecule has 1 fully saturated rings. The summed E-state index contributed by atoms with van der Waals surface area (Å²) in [5, 5.41) is 17.0. The van der Waals surface area contributed by atoms with Gasteiger partial charge in [0.2, 0.25) is 5.91 Å². The maximum absolute atomic E-state index is 12.0. The molecule has 0 aliphatic carbocycles. The molecule has 1 aliphatic heterocycles. The van der Waals surface area contributed by atoms with Gasteiger partial charge in [0.25, 0.3) is 5.69 Å². The van der Waals surface area contributed by atoms with Crippen LogP contribution in [0.15, 0.2) is 18.2 Å². The first kappa shape index (κ1) is 15.0. The van der Waals surface area contributed by atoms with Gasteiger partial charge in [-0.25, -0.2) is 0 Å². The van der Waals surface area contributed by atoms with Crippen LogP contribution in [0.25, 0.3) is 0 Å². The minimum Gasteiger partial charge on any atom is -0.496 e. The molecule has 0 aromatic heterocycles. The lowest BCUT2D eigenvalue weighted by Gasteiger charge is -2.36. The molecule has 1 heterocycles. The lowest BCUT2D eigenvalue weighted by Crippen LogP contribution is -2.57. The Morgan fingerprint density at radius 1 is 1.57 bits per heavy atom. The van der Waals surface area contributed by atoms with E-state index in [1.54, 1.807) is 24.1 Å². The van der Waals surface area contributed by atoms with Gasteiger partial charge in [0, 0.05) is 26.7 Å². The van der Waals surface area contributed by atoms with E-state index in [1.165, 1.54) is 13.2 Å². The molecule has 0 bridgehead atoms. The number of carbonyl (C=O) groups is 1. The lowest BCUT2D eigenvalue weighted by atomic mass is 10.1. The molecule has 0 radical (unpaired) electrons. The van der Waals surface area contributed by atoms with Crippen LogP contribution >= 0.6 is 0 Å². The minimum absolute atomic E-state index is 0.0647. The number of nitro benzene ring substituents is 1. The summed E-state index contributed by atoms with van der Waals surface area (Å²) in [5.74, 6) is 0.240. The largest absolute Gasteiger partial charge is 0.496 e. The molecular formula is C13H18N4O4. The van der Waals surface area contributed by atoms with Gasteiger partial charge in [0.05, 0.1) is 18.1 Å². The molecule has 1 aromatic rings. The Bertz CT molecular complexity index is 549. The summed E-state index contributed by atoms with van der Waals surface area (Å²) < 4.78 is 5.03. The normalized spacial score (nSPS) is 18.2. The molecule has 114 valence electrons. The van der Waals surface area contributed by atoms with Crippen LogP contribution in [0.2, 0.25) is 0 Å². The van der Waals surface area contributed by atoms with Gasteiger partial charge in [-0.05, 0) is 12.1 Å². The zero-order valence-corrected chi connectivity index (χ0v) is 12.0. The van der Waals surface area contributed by atoms with E-state index >= 15 is 0 Å². The summed E-state index contributed by atoms with van der Waals surface area (Å²) >= 11 is 0. The summed E-state index contributed by atoms with van der Waals surface area (Å²) in [5.41, 5.74) is 0.362. The van der Waals surface area contributed by atoms with E-state index in [0.717, 1.165) is 0 Å². The number of piperazine rings is 1. The van der Waals surface area contributed by atoms with E-state index < -0.39 is 11.0 Å². The highest BCUT2D eigenvalue weighted by molar-refractivity contribution is 5.86. The second-order valence-electron chi connectivity index (χ2n) is 4.64. The van der Waals surface area contributed by atoms with Gasteiger partial charge in [0.1, 0.15) is 17.5 Å². The molecular weight excluding hydrogens is 276 g/mol. The van der Waals surface area contributed by atoms with Crippen molar-refractivity contribution >= 4 is 17.3 Å². The van der Waals surface area contributed by atoms with E-state index in [0.29, 0.717) is 31.1 Å². The number of rotatable bonds is 4. The molecule has 8 heteroatoms. The SMILES string of the molecule is CNC(=O)C1CNCCN1c1ccc(OC)cc1[N+](=O)[O-]. The average Bonchev–Trinajstić information content (AvgIpc) is 2.53. The fourth-order valence-corrected chi connectivity index (χ4v) is 2.41. The van der Waals surface area contributed by atoms with E-state index in [2.05, 4.69) is 10.6 Å². The molecule has 21 heavy (non-hydrogen) atoms. The third-order valence-corrected chi connectivity index (χ3v) is 3.48. The van der Waals surface area contributed by atoms with E-state index in [9.17, 15) is 14.9 Å². The maximum atomic E-state index is 12.0. The lowest BCUT2D eigenvalue weighted by molar-refractivity contribution is -0.384. The number of carbonyl (C=O) groups excluding carboxylic acids is 1. The number of ether oxygens (including phenoxy) is 1. The first-order valence-electron chi connectivity index (χ1n) is 6.60. The minimum atomic E-state index is -0.476. The summed E-state index contributed by atoms with van der Waals surface area (Å²) in [6.07, 6.45) is 0. The molecule has 1 unspecified atom stereocenters. The zero-order valence-electron chi connectivity index (χ0n) is 12.0. The van der Waals surface area contributed by atoms with Crippen LogP contribution in [-0.4, -0.2) is 50.7 Å². The second-order valence-corrected chi connectivity index (χ2v) is 4.64. The quantitative estimate of drug-likeness (QED) is 0.605. The fourth-order valence-electron chi connectivity index (χ4n) is 2.41. The van der Waals surface area contributed by atoms with Crippen LogP contribution in [0.1, 0.15) is 0 Å². The second kappa shape index (κ2) is 6.40. The van der Waals surface area contributed by atoms with Crippen LogP contribution in [-0.2, 0) is 4.79 Å². The van der Waals surface area contributed by atoms with Crippen molar-refractivity contribution < 1.29 is 14.5 Å². The highest BCUT2D eigenvalue weighted by Crippen LogP contribution is 2.33. The van der Waals surface area contributed by atoms with Gasteiger partial charge in [-0.1, -0.05) is 0 Å². The van der Waals surface area contributed by atoms with Crippen LogP contribution in [0.3, 0.4) is 0 Å². The number of methoxy groups -OCH3 is 1. The van der Waals surface area contributed by atoms with E-state index in [-0.39, 0.29) is 11.6 Å². The monoisotopic (exact) mass is 294 g/mol. The molecule has 1 saturated heterocycles. The molecule has 1 aromatic carbocycles. The average molecular weight is 294 g/mol. The van der Waals surface area contributed by atoms with Crippen molar-refractivity contribution in [2.75, 3.05) is 38.7 Å². The van der Waals surface area contributed by atoms with Gasteiger partial charge in [0.15, 0.2) is 0 Å². The zero-order chi connectivity index (χ0) is 15.4. The van der Waals surface area contributed by atoms with Gasteiger partial charge in [-0.2, -0.15) is 0 Å². The number of likely N-dealkylation sites (N-methyl/N-ethyl adjacent to an activating group) is 1. The number of anilines is 1. The molecule has 2 N–H and O–H groups in total. The number of nitrogens with zero attached hydrogens (tertiary/aromatic N) is 2. The van der Waals surface area contributed by atoms with Gasteiger partial charge >= 0.3 is 0 Å². The highest BCUT2D eigenvalue weighted by Gasteiger charge is 2.32. The van der Waals surface area contributed by atoms with Crippen LogP contribution in [0, 0.1) is 10.1 Å². The van der Waals surface area contributed by atoms with E-state index in [1.807, 2.05) is 0 Å². The maximum Gasteiger partial charge on any atom is 0.296 e. The number of amides is 1.